The summed E-state index contributed by atoms with van der Waals surface area (Å²) in [4.78, 5) is 13.2. The molecule has 0 radical (unpaired) electrons. The molecule has 0 atom stereocenters. The summed E-state index contributed by atoms with van der Waals surface area (Å²) in [6.45, 7) is 1.44. The molecule has 0 bridgehead atoms. The first-order chi connectivity index (χ1) is 15.3. The molecule has 4 rings (SSSR count). The highest BCUT2D eigenvalue weighted by Crippen LogP contribution is 2.41. The molecule has 1 N–H and O–H groups in total. The summed E-state index contributed by atoms with van der Waals surface area (Å²) >= 11 is 0. The average molecular weight is 457 g/mol. The fraction of sp³-hybridized carbons (Fsp3) is 0.292. The molecule has 2 aromatic carbocycles. The molecule has 3 aromatic rings. The largest absolute Gasteiger partial charge is 0.468 e. The van der Waals surface area contributed by atoms with Gasteiger partial charge in [-0.15, -0.1) is 0 Å². The lowest BCUT2D eigenvalue weighted by molar-refractivity contribution is -0.124. The van der Waals surface area contributed by atoms with Gasteiger partial charge in [0.1, 0.15) is 11.6 Å². The van der Waals surface area contributed by atoms with E-state index in [9.17, 15) is 17.6 Å². The highest BCUT2D eigenvalue weighted by atomic mass is 32.2. The standard InChI is InChI=1S/C24H25FN2O4S/c1-18-5-11-22(12-6-18)32(29,30)27(16-21-4-2-15-31-21)17-23(28)26-24(13-3-14-24)19-7-9-20(25)10-8-19/h2,4-12,15H,3,13-14,16-17H2,1H3,(H,26,28). The predicted molar refractivity (Wildman–Crippen MR) is 118 cm³/mol. The van der Waals surface area contributed by atoms with Crippen LogP contribution in [0.2, 0.25) is 0 Å². The Morgan fingerprint density at radius 2 is 1.78 bits per heavy atom. The van der Waals surface area contributed by atoms with Crippen molar-refractivity contribution in [2.45, 2.75) is 43.2 Å². The normalized spacial score (nSPS) is 15.3. The number of benzene rings is 2. The fourth-order valence-electron chi connectivity index (χ4n) is 3.91. The van der Waals surface area contributed by atoms with Crippen molar-refractivity contribution < 1.29 is 22.0 Å². The highest BCUT2D eigenvalue weighted by molar-refractivity contribution is 7.89. The first kappa shape index (κ1) is 22.2. The molecule has 8 heteroatoms. The van der Waals surface area contributed by atoms with Crippen LogP contribution in [-0.2, 0) is 26.9 Å². The molecule has 1 amide bonds. The Morgan fingerprint density at radius 1 is 1.09 bits per heavy atom. The van der Waals surface area contributed by atoms with Gasteiger partial charge in [-0.2, -0.15) is 4.31 Å². The van der Waals surface area contributed by atoms with Gasteiger partial charge in [-0.05, 0) is 68.1 Å². The minimum absolute atomic E-state index is 0.0693. The van der Waals surface area contributed by atoms with E-state index >= 15 is 0 Å². The maximum atomic E-state index is 13.4. The van der Waals surface area contributed by atoms with Crippen molar-refractivity contribution in [1.29, 1.82) is 0 Å². The molecule has 32 heavy (non-hydrogen) atoms. The number of halogens is 1. The van der Waals surface area contributed by atoms with Crippen LogP contribution in [0.25, 0.3) is 0 Å². The fourth-order valence-corrected chi connectivity index (χ4v) is 5.28. The highest BCUT2D eigenvalue weighted by Gasteiger charge is 2.40. The maximum absolute atomic E-state index is 13.4. The average Bonchev–Trinajstić information content (AvgIpc) is 3.24. The molecular weight excluding hydrogens is 431 g/mol. The van der Waals surface area contributed by atoms with Crippen LogP contribution in [0.15, 0.2) is 76.2 Å². The van der Waals surface area contributed by atoms with Crippen molar-refractivity contribution in [3.05, 3.63) is 89.6 Å². The number of furan rings is 1. The van der Waals surface area contributed by atoms with Gasteiger partial charge in [-0.25, -0.2) is 12.8 Å². The number of sulfonamides is 1. The summed E-state index contributed by atoms with van der Waals surface area (Å²) in [5.74, 6) is -0.329. The molecule has 1 aliphatic carbocycles. The van der Waals surface area contributed by atoms with E-state index in [1.807, 2.05) is 6.92 Å². The summed E-state index contributed by atoms with van der Waals surface area (Å²) < 4.78 is 46.5. The van der Waals surface area contributed by atoms with Crippen LogP contribution in [0.3, 0.4) is 0 Å². The van der Waals surface area contributed by atoms with E-state index < -0.39 is 21.5 Å². The van der Waals surface area contributed by atoms with Crippen LogP contribution in [-0.4, -0.2) is 25.2 Å². The van der Waals surface area contributed by atoms with Crippen LogP contribution in [0.4, 0.5) is 4.39 Å². The summed E-state index contributed by atoms with van der Waals surface area (Å²) in [6.07, 6.45) is 3.82. The second-order valence-corrected chi connectivity index (χ2v) is 10.1. The van der Waals surface area contributed by atoms with Crippen LogP contribution in [0.5, 0.6) is 0 Å². The van der Waals surface area contributed by atoms with Crippen LogP contribution >= 0.6 is 0 Å². The van der Waals surface area contributed by atoms with Gasteiger partial charge in [0.15, 0.2) is 0 Å². The number of hydrogen-bond donors (Lipinski definition) is 1. The number of nitrogens with zero attached hydrogens (tertiary/aromatic N) is 1. The molecule has 1 saturated carbocycles. The molecule has 0 unspecified atom stereocenters. The topological polar surface area (TPSA) is 79.6 Å². The first-order valence-corrected chi connectivity index (χ1v) is 11.9. The summed E-state index contributed by atoms with van der Waals surface area (Å²) in [5.41, 5.74) is 1.15. The molecule has 1 fully saturated rings. The number of carbonyl (C=O) groups is 1. The van der Waals surface area contributed by atoms with E-state index in [1.165, 1.54) is 30.5 Å². The van der Waals surface area contributed by atoms with Crippen molar-refractivity contribution in [3.63, 3.8) is 0 Å². The van der Waals surface area contributed by atoms with Crippen molar-refractivity contribution >= 4 is 15.9 Å². The molecule has 1 aliphatic rings. The second-order valence-electron chi connectivity index (χ2n) is 8.16. The summed E-state index contributed by atoms with van der Waals surface area (Å²) in [5, 5.41) is 3.01. The SMILES string of the molecule is Cc1ccc(S(=O)(=O)N(CC(=O)NC2(c3ccc(F)cc3)CCC2)Cc2ccco2)cc1. The molecule has 0 spiro atoms. The zero-order valence-electron chi connectivity index (χ0n) is 17.8. The molecule has 1 aromatic heterocycles. The Morgan fingerprint density at radius 3 is 2.34 bits per heavy atom. The van der Waals surface area contributed by atoms with Crippen LogP contribution in [0.1, 0.15) is 36.1 Å². The minimum Gasteiger partial charge on any atom is -0.468 e. The van der Waals surface area contributed by atoms with Crippen LogP contribution < -0.4 is 5.32 Å². The van der Waals surface area contributed by atoms with Crippen molar-refractivity contribution in [3.8, 4) is 0 Å². The van der Waals surface area contributed by atoms with Crippen LogP contribution in [0, 0.1) is 12.7 Å². The van der Waals surface area contributed by atoms with Gasteiger partial charge in [0.2, 0.25) is 15.9 Å². The third-order valence-corrected chi connectivity index (χ3v) is 7.68. The van der Waals surface area contributed by atoms with Gasteiger partial charge in [-0.1, -0.05) is 29.8 Å². The number of rotatable bonds is 8. The zero-order valence-corrected chi connectivity index (χ0v) is 18.6. The summed E-state index contributed by atoms with van der Waals surface area (Å²) in [6, 6.07) is 15.9. The monoisotopic (exact) mass is 456 g/mol. The van der Waals surface area contributed by atoms with E-state index in [-0.39, 0.29) is 23.8 Å². The molecule has 0 aliphatic heterocycles. The van der Waals surface area contributed by atoms with Gasteiger partial charge in [0.05, 0.1) is 29.8 Å². The maximum Gasteiger partial charge on any atom is 0.243 e. The van der Waals surface area contributed by atoms with E-state index in [0.717, 1.165) is 21.9 Å². The second kappa shape index (κ2) is 8.88. The lowest BCUT2D eigenvalue weighted by atomic mass is 9.72. The molecule has 168 valence electrons. The number of aryl methyl sites for hydroxylation is 1. The van der Waals surface area contributed by atoms with Gasteiger partial charge in [0.25, 0.3) is 0 Å². The molecule has 0 saturated heterocycles. The third kappa shape index (κ3) is 4.61. The lowest BCUT2D eigenvalue weighted by Crippen LogP contribution is -2.53. The quantitative estimate of drug-likeness (QED) is 0.553. The predicted octanol–water partition coefficient (Wildman–Crippen LogP) is 4.11. The molecule has 1 heterocycles. The zero-order chi connectivity index (χ0) is 22.8. The van der Waals surface area contributed by atoms with Gasteiger partial charge in [0, 0.05) is 0 Å². The minimum atomic E-state index is -3.94. The number of hydrogen-bond acceptors (Lipinski definition) is 4. The lowest BCUT2D eigenvalue weighted by Gasteiger charge is -2.43. The third-order valence-electron chi connectivity index (χ3n) is 5.87. The van der Waals surface area contributed by atoms with E-state index in [2.05, 4.69) is 5.32 Å². The number of amides is 1. The Labute approximate surface area is 187 Å². The number of nitrogens with one attached hydrogen (secondary N) is 1. The Bertz CT molecular complexity index is 1170. The number of carbonyl (C=O) groups excluding carboxylic acids is 1. The Balaban J connectivity index is 1.57. The molecular formula is C24H25FN2O4S. The summed E-state index contributed by atoms with van der Waals surface area (Å²) in [7, 11) is -3.94. The van der Waals surface area contributed by atoms with E-state index in [1.54, 1.807) is 36.4 Å². The smallest absolute Gasteiger partial charge is 0.243 e. The Kier molecular flexibility index (Phi) is 6.17. The van der Waals surface area contributed by atoms with Crippen molar-refractivity contribution in [2.75, 3.05) is 6.54 Å². The van der Waals surface area contributed by atoms with Gasteiger partial charge in [-0.3, -0.25) is 4.79 Å². The van der Waals surface area contributed by atoms with Gasteiger partial charge < -0.3 is 9.73 Å². The Hall–Kier alpha value is -2.97. The van der Waals surface area contributed by atoms with Gasteiger partial charge >= 0.3 is 0 Å². The molecule has 6 nitrogen and oxygen atoms in total. The van der Waals surface area contributed by atoms with Crippen molar-refractivity contribution in [1.82, 2.24) is 9.62 Å². The first-order valence-electron chi connectivity index (χ1n) is 10.4. The van der Waals surface area contributed by atoms with Crippen molar-refractivity contribution in [2.24, 2.45) is 0 Å². The van der Waals surface area contributed by atoms with E-state index in [4.69, 9.17) is 4.42 Å². The van der Waals surface area contributed by atoms with E-state index in [0.29, 0.717) is 18.6 Å².